The third-order valence-corrected chi connectivity index (χ3v) is 5.12. The van der Waals surface area contributed by atoms with Gasteiger partial charge in [0.15, 0.2) is 5.13 Å². The molecule has 3 N–H and O–H groups in total. The predicted molar refractivity (Wildman–Crippen MR) is 98.5 cm³/mol. The standard InChI is InChI=1S/C16H15N5OS2/c1-9(12-8-23-16(17)19-12)20-21-14(22)13-10(2)18-15(24-13)11-6-4-3-5-7-11/h3-8H,1-2H3,(H2,17,19)(H,21,22)/b20-9+. The zero-order valence-corrected chi connectivity index (χ0v) is 14.7. The zero-order valence-electron chi connectivity index (χ0n) is 13.1. The first kappa shape index (κ1) is 16.3. The van der Waals surface area contributed by atoms with E-state index in [1.807, 2.05) is 37.3 Å². The number of rotatable bonds is 4. The van der Waals surface area contributed by atoms with Gasteiger partial charge in [0.2, 0.25) is 0 Å². The maximum absolute atomic E-state index is 12.4. The number of nitrogens with one attached hydrogen (secondary N) is 1. The van der Waals surface area contributed by atoms with Gasteiger partial charge in [-0.3, -0.25) is 4.79 Å². The molecular weight excluding hydrogens is 342 g/mol. The zero-order chi connectivity index (χ0) is 17.1. The van der Waals surface area contributed by atoms with E-state index in [1.54, 1.807) is 12.3 Å². The molecule has 1 aromatic carbocycles. The lowest BCUT2D eigenvalue weighted by Crippen LogP contribution is -2.19. The Morgan fingerprint density at radius 2 is 2.00 bits per heavy atom. The summed E-state index contributed by atoms with van der Waals surface area (Å²) in [4.78, 5) is 21.5. The van der Waals surface area contributed by atoms with E-state index in [9.17, 15) is 4.79 Å². The molecular formula is C16H15N5OS2. The lowest BCUT2D eigenvalue weighted by molar-refractivity contribution is 0.0958. The minimum absolute atomic E-state index is 0.283. The van der Waals surface area contributed by atoms with E-state index in [2.05, 4.69) is 20.5 Å². The van der Waals surface area contributed by atoms with E-state index in [4.69, 9.17) is 5.73 Å². The Balaban J connectivity index is 1.77. The van der Waals surface area contributed by atoms with Gasteiger partial charge in [0.25, 0.3) is 5.91 Å². The highest BCUT2D eigenvalue weighted by Crippen LogP contribution is 2.27. The number of aryl methyl sites for hydroxylation is 1. The molecule has 0 unspecified atom stereocenters. The normalized spacial score (nSPS) is 11.5. The molecule has 24 heavy (non-hydrogen) atoms. The third-order valence-electron chi connectivity index (χ3n) is 3.24. The fourth-order valence-electron chi connectivity index (χ4n) is 2.01. The second-order valence-electron chi connectivity index (χ2n) is 5.01. The summed E-state index contributed by atoms with van der Waals surface area (Å²) in [6.07, 6.45) is 0. The highest BCUT2D eigenvalue weighted by atomic mass is 32.1. The van der Waals surface area contributed by atoms with Crippen molar-refractivity contribution in [1.82, 2.24) is 15.4 Å². The van der Waals surface area contributed by atoms with E-state index < -0.39 is 0 Å². The Kier molecular flexibility index (Phi) is 4.68. The fraction of sp³-hybridized carbons (Fsp3) is 0.125. The summed E-state index contributed by atoms with van der Waals surface area (Å²) < 4.78 is 0. The molecule has 1 amide bonds. The number of nitrogen functional groups attached to an aromatic ring is 1. The summed E-state index contributed by atoms with van der Waals surface area (Å²) >= 11 is 2.68. The SMILES string of the molecule is C/C(=N\NC(=O)c1sc(-c2ccccc2)nc1C)c1csc(N)n1. The second kappa shape index (κ2) is 6.90. The molecule has 0 saturated heterocycles. The fourth-order valence-corrected chi connectivity index (χ4v) is 3.58. The van der Waals surface area contributed by atoms with Crippen LogP contribution in [0.25, 0.3) is 10.6 Å². The van der Waals surface area contributed by atoms with Gasteiger partial charge < -0.3 is 5.73 Å². The summed E-state index contributed by atoms with van der Waals surface area (Å²) in [6.45, 7) is 3.58. The van der Waals surface area contributed by atoms with Gasteiger partial charge in [0.1, 0.15) is 9.88 Å². The molecule has 122 valence electrons. The van der Waals surface area contributed by atoms with E-state index in [-0.39, 0.29) is 5.91 Å². The number of hydrazone groups is 1. The molecule has 2 heterocycles. The number of carbonyl (C=O) groups is 1. The topological polar surface area (TPSA) is 93.3 Å². The molecule has 3 rings (SSSR count). The smallest absolute Gasteiger partial charge is 0.283 e. The summed E-state index contributed by atoms with van der Waals surface area (Å²) in [7, 11) is 0. The van der Waals surface area contributed by atoms with Gasteiger partial charge in [0.05, 0.1) is 17.1 Å². The van der Waals surface area contributed by atoms with Crippen LogP contribution in [0.2, 0.25) is 0 Å². The van der Waals surface area contributed by atoms with Crippen molar-refractivity contribution < 1.29 is 4.79 Å². The molecule has 0 radical (unpaired) electrons. The van der Waals surface area contributed by atoms with Crippen molar-refractivity contribution in [3.63, 3.8) is 0 Å². The molecule has 0 fully saturated rings. The Morgan fingerprint density at radius 1 is 1.25 bits per heavy atom. The lowest BCUT2D eigenvalue weighted by Gasteiger charge is -1.99. The summed E-state index contributed by atoms with van der Waals surface area (Å²) in [5.41, 5.74) is 11.1. The van der Waals surface area contributed by atoms with Gasteiger partial charge >= 0.3 is 0 Å². The number of hydrogen-bond donors (Lipinski definition) is 2. The number of thiazole rings is 2. The van der Waals surface area contributed by atoms with E-state index in [0.717, 1.165) is 10.6 Å². The van der Waals surface area contributed by atoms with Crippen LogP contribution in [0.3, 0.4) is 0 Å². The quantitative estimate of drug-likeness (QED) is 0.553. The molecule has 0 bridgehead atoms. The molecule has 0 atom stereocenters. The van der Waals surface area contributed by atoms with Crippen molar-refractivity contribution in [2.24, 2.45) is 5.10 Å². The highest BCUT2D eigenvalue weighted by Gasteiger charge is 2.16. The molecule has 8 heteroatoms. The summed E-state index contributed by atoms with van der Waals surface area (Å²) in [5.74, 6) is -0.283. The van der Waals surface area contributed by atoms with Gasteiger partial charge in [0, 0.05) is 10.9 Å². The van der Waals surface area contributed by atoms with Crippen molar-refractivity contribution in [3.05, 3.63) is 52.0 Å². The summed E-state index contributed by atoms with van der Waals surface area (Å²) in [6, 6.07) is 9.77. The Bertz CT molecular complexity index is 898. The molecule has 0 aliphatic carbocycles. The molecule has 0 spiro atoms. The van der Waals surface area contributed by atoms with Crippen molar-refractivity contribution in [2.45, 2.75) is 13.8 Å². The monoisotopic (exact) mass is 357 g/mol. The predicted octanol–water partition coefficient (Wildman–Crippen LogP) is 3.31. The number of carbonyl (C=O) groups excluding carboxylic acids is 1. The Morgan fingerprint density at radius 3 is 2.67 bits per heavy atom. The van der Waals surface area contributed by atoms with E-state index in [1.165, 1.54) is 22.7 Å². The van der Waals surface area contributed by atoms with Gasteiger partial charge in [-0.05, 0) is 13.8 Å². The molecule has 0 aliphatic heterocycles. The summed E-state index contributed by atoms with van der Waals surface area (Å²) in [5, 5.41) is 7.17. The Hall–Kier alpha value is -2.58. The molecule has 2 aromatic heterocycles. The first-order valence-corrected chi connectivity index (χ1v) is 8.83. The lowest BCUT2D eigenvalue weighted by atomic mass is 10.2. The van der Waals surface area contributed by atoms with Crippen LogP contribution in [0.5, 0.6) is 0 Å². The number of anilines is 1. The number of nitrogens with zero attached hydrogens (tertiary/aromatic N) is 3. The van der Waals surface area contributed by atoms with Gasteiger partial charge in [-0.15, -0.1) is 22.7 Å². The molecule has 0 aliphatic rings. The van der Waals surface area contributed by atoms with Gasteiger partial charge in [-0.2, -0.15) is 5.10 Å². The number of nitrogens with two attached hydrogens (primary N) is 1. The van der Waals surface area contributed by atoms with E-state index in [0.29, 0.717) is 27.1 Å². The molecule has 6 nitrogen and oxygen atoms in total. The van der Waals surface area contributed by atoms with Crippen LogP contribution in [0.4, 0.5) is 5.13 Å². The van der Waals surface area contributed by atoms with Gasteiger partial charge in [-0.1, -0.05) is 30.3 Å². The van der Waals surface area contributed by atoms with Crippen LogP contribution in [0.1, 0.15) is 28.0 Å². The number of benzene rings is 1. The number of amides is 1. The largest absolute Gasteiger partial charge is 0.375 e. The highest BCUT2D eigenvalue weighted by molar-refractivity contribution is 7.17. The van der Waals surface area contributed by atoms with Crippen molar-refractivity contribution in [1.29, 1.82) is 0 Å². The minimum atomic E-state index is -0.283. The maximum Gasteiger partial charge on any atom is 0.283 e. The van der Waals surface area contributed by atoms with Crippen LogP contribution in [-0.4, -0.2) is 21.6 Å². The van der Waals surface area contributed by atoms with Crippen LogP contribution in [0.15, 0.2) is 40.8 Å². The molecule has 3 aromatic rings. The maximum atomic E-state index is 12.4. The van der Waals surface area contributed by atoms with Crippen molar-refractivity contribution >= 4 is 39.4 Å². The van der Waals surface area contributed by atoms with Crippen LogP contribution in [0, 0.1) is 6.92 Å². The first-order chi connectivity index (χ1) is 11.5. The number of aromatic nitrogens is 2. The first-order valence-electron chi connectivity index (χ1n) is 7.13. The number of hydrogen-bond acceptors (Lipinski definition) is 7. The average Bonchev–Trinajstić information content (AvgIpc) is 3.19. The third kappa shape index (κ3) is 3.50. The molecule has 0 saturated carbocycles. The van der Waals surface area contributed by atoms with Crippen LogP contribution < -0.4 is 11.2 Å². The minimum Gasteiger partial charge on any atom is -0.375 e. The average molecular weight is 357 g/mol. The van der Waals surface area contributed by atoms with Crippen molar-refractivity contribution in [3.8, 4) is 10.6 Å². The van der Waals surface area contributed by atoms with Crippen molar-refractivity contribution in [2.75, 3.05) is 5.73 Å². The van der Waals surface area contributed by atoms with E-state index >= 15 is 0 Å². The van der Waals surface area contributed by atoms with Crippen LogP contribution in [-0.2, 0) is 0 Å². The second-order valence-corrected chi connectivity index (χ2v) is 6.90. The van der Waals surface area contributed by atoms with Gasteiger partial charge in [-0.25, -0.2) is 15.4 Å². The Labute approximate surface area is 147 Å². The van der Waals surface area contributed by atoms with Crippen LogP contribution >= 0.6 is 22.7 Å².